The molecule has 0 bridgehead atoms. The summed E-state index contributed by atoms with van der Waals surface area (Å²) in [5.41, 5.74) is 1.19. The lowest BCUT2D eigenvalue weighted by Gasteiger charge is -2.11. The molecule has 0 heterocycles. The van der Waals surface area contributed by atoms with E-state index in [9.17, 15) is 4.79 Å². The van der Waals surface area contributed by atoms with E-state index in [2.05, 4.69) is 24.5 Å². The molecule has 0 unspecified atom stereocenters. The molecule has 0 aliphatic rings. The van der Waals surface area contributed by atoms with E-state index in [1.165, 1.54) is 5.56 Å². The molecule has 1 aromatic rings. The molecule has 118 valence electrons. The van der Waals surface area contributed by atoms with Crippen molar-refractivity contribution in [2.75, 3.05) is 13.1 Å². The Bertz CT molecular complexity index is 413. The Balaban J connectivity index is 2.19. The fraction of sp³-hybridized carbons (Fsp3) is 0.588. The first-order chi connectivity index (χ1) is 9.97. The Morgan fingerprint density at radius 3 is 2.38 bits per heavy atom. The molecule has 1 amide bonds. The van der Waals surface area contributed by atoms with Gasteiger partial charge in [0.25, 0.3) is 0 Å². The molecule has 0 saturated carbocycles. The van der Waals surface area contributed by atoms with Crippen LogP contribution in [0.4, 0.5) is 0 Å². The molecule has 1 rings (SSSR count). The van der Waals surface area contributed by atoms with Gasteiger partial charge in [0.1, 0.15) is 5.75 Å². The van der Waals surface area contributed by atoms with Crippen LogP contribution >= 0.6 is 0 Å². The summed E-state index contributed by atoms with van der Waals surface area (Å²) in [6.07, 6.45) is 0.708. The van der Waals surface area contributed by atoms with Gasteiger partial charge in [0, 0.05) is 26.1 Å². The van der Waals surface area contributed by atoms with Crippen molar-refractivity contribution in [2.45, 2.75) is 46.8 Å². The van der Waals surface area contributed by atoms with Crippen molar-refractivity contribution in [1.82, 2.24) is 10.6 Å². The molecule has 2 N–H and O–H groups in total. The molecule has 0 aliphatic carbocycles. The SMILES string of the molecule is CC(C)CNC(=O)CCNCc1ccc(OC(C)C)cc1. The Kier molecular flexibility index (Phi) is 7.83. The summed E-state index contributed by atoms with van der Waals surface area (Å²) in [6.45, 7) is 10.4. The number of carbonyl (C=O) groups excluding carboxylic acids is 1. The van der Waals surface area contributed by atoms with Gasteiger partial charge in [-0.3, -0.25) is 4.79 Å². The zero-order valence-electron chi connectivity index (χ0n) is 13.6. The van der Waals surface area contributed by atoms with Crippen LogP contribution in [0.15, 0.2) is 24.3 Å². The number of carbonyl (C=O) groups is 1. The van der Waals surface area contributed by atoms with Gasteiger partial charge in [0.2, 0.25) is 5.91 Å². The Morgan fingerprint density at radius 2 is 1.81 bits per heavy atom. The lowest BCUT2D eigenvalue weighted by atomic mass is 10.2. The van der Waals surface area contributed by atoms with Gasteiger partial charge in [0.05, 0.1) is 6.10 Å². The molecule has 0 aromatic heterocycles. The lowest BCUT2D eigenvalue weighted by molar-refractivity contribution is -0.121. The van der Waals surface area contributed by atoms with Crippen LogP contribution in [-0.2, 0) is 11.3 Å². The molecule has 0 radical (unpaired) electrons. The summed E-state index contributed by atoms with van der Waals surface area (Å²) in [6, 6.07) is 8.05. The van der Waals surface area contributed by atoms with Crippen molar-refractivity contribution in [3.63, 3.8) is 0 Å². The Hall–Kier alpha value is -1.55. The maximum Gasteiger partial charge on any atom is 0.221 e. The second-order valence-corrected chi connectivity index (χ2v) is 5.94. The van der Waals surface area contributed by atoms with Gasteiger partial charge < -0.3 is 15.4 Å². The van der Waals surface area contributed by atoms with E-state index in [0.717, 1.165) is 18.8 Å². The first-order valence-electron chi connectivity index (χ1n) is 7.70. The second-order valence-electron chi connectivity index (χ2n) is 5.94. The summed E-state index contributed by atoms with van der Waals surface area (Å²) in [4.78, 5) is 11.5. The molecule has 0 spiro atoms. The van der Waals surface area contributed by atoms with Crippen molar-refractivity contribution in [3.05, 3.63) is 29.8 Å². The van der Waals surface area contributed by atoms with Crippen molar-refractivity contribution in [1.29, 1.82) is 0 Å². The predicted octanol–water partition coefficient (Wildman–Crippen LogP) is 2.73. The Morgan fingerprint density at radius 1 is 1.14 bits per heavy atom. The van der Waals surface area contributed by atoms with E-state index in [-0.39, 0.29) is 12.0 Å². The van der Waals surface area contributed by atoms with Gasteiger partial charge >= 0.3 is 0 Å². The van der Waals surface area contributed by atoms with Gasteiger partial charge in [-0.1, -0.05) is 26.0 Å². The number of hydrogen-bond acceptors (Lipinski definition) is 3. The van der Waals surface area contributed by atoms with E-state index < -0.39 is 0 Å². The number of amides is 1. The minimum atomic E-state index is 0.108. The first-order valence-corrected chi connectivity index (χ1v) is 7.70. The molecule has 21 heavy (non-hydrogen) atoms. The van der Waals surface area contributed by atoms with E-state index >= 15 is 0 Å². The number of ether oxygens (including phenoxy) is 1. The minimum absolute atomic E-state index is 0.108. The summed E-state index contributed by atoms with van der Waals surface area (Å²) in [5, 5.41) is 6.19. The highest BCUT2D eigenvalue weighted by molar-refractivity contribution is 5.76. The zero-order chi connectivity index (χ0) is 15.7. The highest BCUT2D eigenvalue weighted by atomic mass is 16.5. The van der Waals surface area contributed by atoms with Gasteiger partial charge in [0.15, 0.2) is 0 Å². The first kappa shape index (κ1) is 17.5. The van der Waals surface area contributed by atoms with Crippen molar-refractivity contribution in [2.24, 2.45) is 5.92 Å². The third kappa shape index (κ3) is 8.35. The van der Waals surface area contributed by atoms with Gasteiger partial charge in [-0.2, -0.15) is 0 Å². The molecule has 0 aliphatic heterocycles. The summed E-state index contributed by atoms with van der Waals surface area (Å²) in [7, 11) is 0. The summed E-state index contributed by atoms with van der Waals surface area (Å²) >= 11 is 0. The number of nitrogens with one attached hydrogen (secondary N) is 2. The van der Waals surface area contributed by atoms with Crippen LogP contribution in [0.3, 0.4) is 0 Å². The second kappa shape index (κ2) is 9.40. The highest BCUT2D eigenvalue weighted by Gasteiger charge is 2.02. The van der Waals surface area contributed by atoms with Gasteiger partial charge in [-0.15, -0.1) is 0 Å². The van der Waals surface area contributed by atoms with Gasteiger partial charge in [-0.05, 0) is 37.5 Å². The van der Waals surface area contributed by atoms with Crippen LogP contribution in [-0.4, -0.2) is 25.1 Å². The Labute approximate surface area is 128 Å². The van der Waals surface area contributed by atoms with Crippen molar-refractivity contribution in [3.8, 4) is 5.75 Å². The molecular formula is C17H28N2O2. The largest absolute Gasteiger partial charge is 0.491 e. The number of rotatable bonds is 9. The molecule has 4 nitrogen and oxygen atoms in total. The fourth-order valence-electron chi connectivity index (χ4n) is 1.80. The minimum Gasteiger partial charge on any atom is -0.491 e. The topological polar surface area (TPSA) is 50.4 Å². The zero-order valence-corrected chi connectivity index (χ0v) is 13.6. The molecule has 0 saturated heterocycles. The molecule has 1 aromatic carbocycles. The molecular weight excluding hydrogens is 264 g/mol. The van der Waals surface area contributed by atoms with Crippen LogP contribution in [0.5, 0.6) is 5.75 Å². The van der Waals surface area contributed by atoms with Crippen LogP contribution in [0.1, 0.15) is 39.7 Å². The standard InChI is InChI=1S/C17H28N2O2/c1-13(2)11-19-17(20)9-10-18-12-15-5-7-16(8-6-15)21-14(3)4/h5-8,13-14,18H,9-12H2,1-4H3,(H,19,20). The quantitative estimate of drug-likeness (QED) is 0.688. The van der Waals surface area contributed by atoms with Crippen molar-refractivity contribution < 1.29 is 9.53 Å². The van der Waals surface area contributed by atoms with Crippen molar-refractivity contribution >= 4 is 5.91 Å². The molecule has 0 atom stereocenters. The summed E-state index contributed by atoms with van der Waals surface area (Å²) in [5.74, 6) is 1.49. The summed E-state index contributed by atoms with van der Waals surface area (Å²) < 4.78 is 5.60. The van der Waals surface area contributed by atoms with Crippen LogP contribution in [0.2, 0.25) is 0 Å². The van der Waals surface area contributed by atoms with E-state index in [0.29, 0.717) is 18.9 Å². The van der Waals surface area contributed by atoms with Crippen LogP contribution in [0, 0.1) is 5.92 Å². The average Bonchev–Trinajstić information content (AvgIpc) is 2.42. The van der Waals surface area contributed by atoms with E-state index in [1.807, 2.05) is 38.1 Å². The van der Waals surface area contributed by atoms with Crippen LogP contribution in [0.25, 0.3) is 0 Å². The van der Waals surface area contributed by atoms with Crippen LogP contribution < -0.4 is 15.4 Å². The fourth-order valence-corrected chi connectivity index (χ4v) is 1.80. The number of benzene rings is 1. The normalized spacial score (nSPS) is 11.0. The van der Waals surface area contributed by atoms with Gasteiger partial charge in [-0.25, -0.2) is 0 Å². The smallest absolute Gasteiger partial charge is 0.221 e. The predicted molar refractivity (Wildman–Crippen MR) is 86.4 cm³/mol. The maximum absolute atomic E-state index is 11.5. The highest BCUT2D eigenvalue weighted by Crippen LogP contribution is 2.13. The van der Waals surface area contributed by atoms with E-state index in [1.54, 1.807) is 0 Å². The molecule has 4 heteroatoms. The monoisotopic (exact) mass is 292 g/mol. The van der Waals surface area contributed by atoms with E-state index in [4.69, 9.17) is 4.74 Å². The maximum atomic E-state index is 11.5. The third-order valence-corrected chi connectivity index (χ3v) is 2.86. The third-order valence-electron chi connectivity index (χ3n) is 2.86. The molecule has 0 fully saturated rings. The lowest BCUT2D eigenvalue weighted by Crippen LogP contribution is -2.30. The average molecular weight is 292 g/mol. The number of hydrogen-bond donors (Lipinski definition) is 2.